The predicted molar refractivity (Wildman–Crippen MR) is 84.0 cm³/mol. The van der Waals surface area contributed by atoms with Crippen LogP contribution in [0.1, 0.15) is 12.5 Å². The lowest BCUT2D eigenvalue weighted by Crippen LogP contribution is -2.48. The summed E-state index contributed by atoms with van der Waals surface area (Å²) in [5.74, 6) is 0.106. The normalized spacial score (nSPS) is 16.5. The molecule has 8 heteroatoms. The summed E-state index contributed by atoms with van der Waals surface area (Å²) in [5, 5.41) is 11.0. The number of primary sulfonamides is 1. The Hall–Kier alpha value is -1.15. The van der Waals surface area contributed by atoms with E-state index in [1.807, 2.05) is 6.92 Å². The minimum absolute atomic E-state index is 0. The quantitative estimate of drug-likeness (QED) is 0.760. The molecule has 1 aromatic carbocycles. The predicted octanol–water partition coefficient (Wildman–Crippen LogP) is 0.858. The summed E-state index contributed by atoms with van der Waals surface area (Å²) >= 11 is 0. The third-order valence-electron chi connectivity index (χ3n) is 3.70. The lowest BCUT2D eigenvalue weighted by molar-refractivity contribution is -0.121. The molecular formula is C13H20ClN3O3S. The van der Waals surface area contributed by atoms with E-state index in [9.17, 15) is 13.2 Å². The Morgan fingerprint density at radius 3 is 2.52 bits per heavy atom. The number of anilines is 1. The standard InChI is InChI=1S/C13H19N3O3S.ClH/c1-8-3-4-11(5-12(8)20(14,18)19)16-13(17)9(2)10-6-15-7-10;/h3-5,9-10,15H,6-7H2,1-2H3,(H,16,17)(H2,14,18,19);1H. The largest absolute Gasteiger partial charge is 0.326 e. The van der Waals surface area contributed by atoms with E-state index in [1.165, 1.54) is 6.07 Å². The Kier molecular flexibility index (Phi) is 5.75. The number of benzene rings is 1. The number of rotatable bonds is 4. The molecule has 0 saturated carbocycles. The van der Waals surface area contributed by atoms with Crippen LogP contribution in [-0.2, 0) is 14.8 Å². The van der Waals surface area contributed by atoms with Gasteiger partial charge in [-0.2, -0.15) is 0 Å². The number of amides is 1. The summed E-state index contributed by atoms with van der Waals surface area (Å²) in [5.41, 5.74) is 1.01. The number of carbonyl (C=O) groups excluding carboxylic acids is 1. The maximum Gasteiger partial charge on any atom is 0.238 e. The van der Waals surface area contributed by atoms with Crippen molar-refractivity contribution in [1.82, 2.24) is 5.32 Å². The molecule has 1 atom stereocenters. The second-order valence-corrected chi connectivity index (χ2v) is 6.75. The number of halogens is 1. The van der Waals surface area contributed by atoms with Crippen LogP contribution >= 0.6 is 12.4 Å². The lowest BCUT2D eigenvalue weighted by Gasteiger charge is -2.31. The van der Waals surface area contributed by atoms with Crippen molar-refractivity contribution in [2.24, 2.45) is 17.0 Å². The van der Waals surface area contributed by atoms with Crippen molar-refractivity contribution in [3.63, 3.8) is 0 Å². The zero-order valence-electron chi connectivity index (χ0n) is 11.9. The number of nitrogens with two attached hydrogens (primary N) is 1. The van der Waals surface area contributed by atoms with Gasteiger partial charge < -0.3 is 10.6 Å². The molecule has 1 amide bonds. The third-order valence-corrected chi connectivity index (χ3v) is 4.75. The van der Waals surface area contributed by atoms with Crippen LogP contribution in [0.25, 0.3) is 0 Å². The molecule has 118 valence electrons. The van der Waals surface area contributed by atoms with Crippen molar-refractivity contribution >= 4 is 34.0 Å². The zero-order valence-corrected chi connectivity index (χ0v) is 13.6. The summed E-state index contributed by atoms with van der Waals surface area (Å²) in [7, 11) is -3.78. The highest BCUT2D eigenvalue weighted by atomic mass is 35.5. The number of hydrogen-bond donors (Lipinski definition) is 3. The molecule has 6 nitrogen and oxygen atoms in total. The first-order valence-electron chi connectivity index (χ1n) is 6.44. The van der Waals surface area contributed by atoms with Crippen molar-refractivity contribution in [2.75, 3.05) is 18.4 Å². The summed E-state index contributed by atoms with van der Waals surface area (Å²) < 4.78 is 22.9. The van der Waals surface area contributed by atoms with E-state index in [4.69, 9.17) is 5.14 Å². The molecule has 1 fully saturated rings. The van der Waals surface area contributed by atoms with Gasteiger partial charge in [-0.1, -0.05) is 13.0 Å². The number of nitrogens with one attached hydrogen (secondary N) is 2. The highest BCUT2D eigenvalue weighted by Gasteiger charge is 2.28. The smallest absolute Gasteiger partial charge is 0.238 e. The van der Waals surface area contributed by atoms with Crippen LogP contribution in [-0.4, -0.2) is 27.4 Å². The van der Waals surface area contributed by atoms with Crippen LogP contribution in [0, 0.1) is 18.8 Å². The summed E-state index contributed by atoms with van der Waals surface area (Å²) in [4.78, 5) is 12.1. The molecule has 0 bridgehead atoms. The zero-order chi connectivity index (χ0) is 14.9. The van der Waals surface area contributed by atoms with Crippen molar-refractivity contribution in [2.45, 2.75) is 18.7 Å². The van der Waals surface area contributed by atoms with Crippen LogP contribution in [0.2, 0.25) is 0 Å². The van der Waals surface area contributed by atoms with Gasteiger partial charge >= 0.3 is 0 Å². The molecule has 0 aliphatic carbocycles. The minimum atomic E-state index is -3.78. The van der Waals surface area contributed by atoms with Crippen molar-refractivity contribution in [3.05, 3.63) is 23.8 Å². The number of sulfonamides is 1. The molecule has 1 aliphatic rings. The van der Waals surface area contributed by atoms with E-state index < -0.39 is 10.0 Å². The van der Waals surface area contributed by atoms with Gasteiger partial charge in [-0.05, 0) is 43.6 Å². The van der Waals surface area contributed by atoms with Gasteiger partial charge in [0.15, 0.2) is 0 Å². The molecule has 1 aliphatic heterocycles. The molecule has 0 aromatic heterocycles. The van der Waals surface area contributed by atoms with Gasteiger partial charge in [-0.15, -0.1) is 12.4 Å². The first-order valence-corrected chi connectivity index (χ1v) is 7.98. The second kappa shape index (κ2) is 6.74. The molecule has 1 aromatic rings. The van der Waals surface area contributed by atoms with E-state index in [-0.39, 0.29) is 29.1 Å². The molecule has 1 heterocycles. The highest BCUT2D eigenvalue weighted by molar-refractivity contribution is 7.89. The molecule has 1 saturated heterocycles. The number of aryl methyl sites for hydroxylation is 1. The van der Waals surface area contributed by atoms with Crippen LogP contribution in [0.3, 0.4) is 0 Å². The summed E-state index contributed by atoms with van der Waals surface area (Å²) in [6.45, 7) is 5.21. The van der Waals surface area contributed by atoms with Crippen LogP contribution in [0.4, 0.5) is 5.69 Å². The Bertz CT molecular complexity index is 630. The van der Waals surface area contributed by atoms with E-state index >= 15 is 0 Å². The number of hydrogen-bond acceptors (Lipinski definition) is 4. The fourth-order valence-electron chi connectivity index (χ4n) is 2.12. The maximum atomic E-state index is 12.1. The molecule has 2 rings (SSSR count). The van der Waals surface area contributed by atoms with E-state index in [2.05, 4.69) is 10.6 Å². The first-order chi connectivity index (χ1) is 9.29. The van der Waals surface area contributed by atoms with Crippen molar-refractivity contribution < 1.29 is 13.2 Å². The maximum absolute atomic E-state index is 12.1. The van der Waals surface area contributed by atoms with Gasteiger partial charge in [-0.3, -0.25) is 4.79 Å². The molecule has 0 radical (unpaired) electrons. The monoisotopic (exact) mass is 333 g/mol. The van der Waals surface area contributed by atoms with E-state index in [0.717, 1.165) is 13.1 Å². The van der Waals surface area contributed by atoms with Gasteiger partial charge in [0.05, 0.1) is 4.90 Å². The highest BCUT2D eigenvalue weighted by Crippen LogP contribution is 2.21. The van der Waals surface area contributed by atoms with Gasteiger partial charge in [-0.25, -0.2) is 13.6 Å². The van der Waals surface area contributed by atoms with E-state index in [0.29, 0.717) is 17.2 Å². The fraction of sp³-hybridized carbons (Fsp3) is 0.462. The van der Waals surface area contributed by atoms with Crippen LogP contribution in [0.15, 0.2) is 23.1 Å². The van der Waals surface area contributed by atoms with Gasteiger partial charge in [0.2, 0.25) is 15.9 Å². The lowest BCUT2D eigenvalue weighted by atomic mass is 9.88. The Balaban J connectivity index is 0.00000220. The molecular weight excluding hydrogens is 314 g/mol. The van der Waals surface area contributed by atoms with E-state index in [1.54, 1.807) is 19.1 Å². The molecule has 4 N–H and O–H groups in total. The van der Waals surface area contributed by atoms with Gasteiger partial charge in [0, 0.05) is 11.6 Å². The number of carbonyl (C=O) groups is 1. The second-order valence-electron chi connectivity index (χ2n) is 5.22. The topological polar surface area (TPSA) is 101 Å². The Morgan fingerprint density at radius 1 is 1.43 bits per heavy atom. The Labute approximate surface area is 130 Å². The van der Waals surface area contributed by atoms with Gasteiger partial charge in [0.1, 0.15) is 0 Å². The average molecular weight is 334 g/mol. The van der Waals surface area contributed by atoms with Gasteiger partial charge in [0.25, 0.3) is 0 Å². The third kappa shape index (κ3) is 4.16. The summed E-state index contributed by atoms with van der Waals surface area (Å²) in [6, 6.07) is 4.70. The van der Waals surface area contributed by atoms with Crippen molar-refractivity contribution in [3.8, 4) is 0 Å². The molecule has 1 unspecified atom stereocenters. The minimum Gasteiger partial charge on any atom is -0.326 e. The van der Waals surface area contributed by atoms with Crippen LogP contribution in [0.5, 0.6) is 0 Å². The van der Waals surface area contributed by atoms with Crippen molar-refractivity contribution in [1.29, 1.82) is 0 Å². The average Bonchev–Trinajstić information content (AvgIpc) is 2.27. The summed E-state index contributed by atoms with van der Waals surface area (Å²) in [6.07, 6.45) is 0. The fourth-order valence-corrected chi connectivity index (χ4v) is 2.93. The Morgan fingerprint density at radius 2 is 2.05 bits per heavy atom. The molecule has 21 heavy (non-hydrogen) atoms. The van der Waals surface area contributed by atoms with Crippen LogP contribution < -0.4 is 15.8 Å². The first kappa shape index (κ1) is 17.9. The SMILES string of the molecule is Cc1ccc(NC(=O)C(C)C2CNC2)cc1S(N)(=O)=O.Cl. The molecule has 0 spiro atoms.